The molecule has 0 amide bonds. The number of rotatable bonds is 2. The van der Waals surface area contributed by atoms with Gasteiger partial charge in [-0.1, -0.05) is 29.3 Å². The van der Waals surface area contributed by atoms with E-state index < -0.39 is 0 Å². The Labute approximate surface area is 126 Å². The molecular weight excluding hydrogens is 391 g/mol. The molecule has 88 valence electrons. The van der Waals surface area contributed by atoms with E-state index in [0.29, 0.717) is 22.3 Å². The molecule has 0 saturated carbocycles. The molecule has 0 bridgehead atoms. The summed E-state index contributed by atoms with van der Waals surface area (Å²) in [6.07, 6.45) is 0.606. The van der Waals surface area contributed by atoms with Gasteiger partial charge in [0, 0.05) is 12.5 Å². The SMILES string of the molecule is Clc1ccc(Cc2nc(Br)cc(Br)n2)cc1Cl. The maximum Gasteiger partial charge on any atom is 0.135 e. The zero-order valence-electron chi connectivity index (χ0n) is 8.42. The molecule has 1 aromatic carbocycles. The molecule has 0 aliphatic heterocycles. The molecule has 0 spiro atoms. The minimum Gasteiger partial charge on any atom is -0.226 e. The summed E-state index contributed by atoms with van der Waals surface area (Å²) in [7, 11) is 0. The molecular formula is C11H6Br2Cl2N2. The molecule has 17 heavy (non-hydrogen) atoms. The minimum absolute atomic E-state index is 0.540. The Bertz CT molecular complexity index is 541. The van der Waals surface area contributed by atoms with Gasteiger partial charge in [0.1, 0.15) is 15.0 Å². The third-order valence-electron chi connectivity index (χ3n) is 2.06. The Kier molecular flexibility index (Phi) is 4.42. The molecule has 2 rings (SSSR count). The first kappa shape index (κ1) is 13.3. The van der Waals surface area contributed by atoms with Crippen LogP contribution in [0.5, 0.6) is 0 Å². The second kappa shape index (κ2) is 5.65. The van der Waals surface area contributed by atoms with E-state index in [4.69, 9.17) is 23.2 Å². The molecule has 0 aliphatic rings. The monoisotopic (exact) mass is 394 g/mol. The zero-order valence-corrected chi connectivity index (χ0v) is 13.1. The van der Waals surface area contributed by atoms with Crippen LogP contribution in [0.2, 0.25) is 10.0 Å². The lowest BCUT2D eigenvalue weighted by molar-refractivity contribution is 0.941. The van der Waals surface area contributed by atoms with Crippen molar-refractivity contribution < 1.29 is 0 Å². The van der Waals surface area contributed by atoms with Crippen molar-refractivity contribution in [2.75, 3.05) is 0 Å². The van der Waals surface area contributed by atoms with Crippen molar-refractivity contribution in [1.82, 2.24) is 9.97 Å². The molecule has 0 aliphatic carbocycles. The van der Waals surface area contributed by atoms with Gasteiger partial charge in [-0.25, -0.2) is 9.97 Å². The van der Waals surface area contributed by atoms with E-state index >= 15 is 0 Å². The summed E-state index contributed by atoms with van der Waals surface area (Å²) >= 11 is 18.5. The predicted molar refractivity (Wildman–Crippen MR) is 76.7 cm³/mol. The van der Waals surface area contributed by atoms with Gasteiger partial charge in [-0.15, -0.1) is 0 Å². The predicted octanol–water partition coefficient (Wildman–Crippen LogP) is 4.90. The average Bonchev–Trinajstić information content (AvgIpc) is 2.22. The lowest BCUT2D eigenvalue weighted by Gasteiger charge is -2.03. The second-order valence-corrected chi connectivity index (χ2v) is 5.79. The Morgan fingerprint density at radius 3 is 2.18 bits per heavy atom. The first-order valence-corrected chi connectivity index (χ1v) is 7.01. The maximum atomic E-state index is 5.95. The molecule has 0 radical (unpaired) electrons. The molecule has 2 aromatic rings. The number of hydrogen-bond acceptors (Lipinski definition) is 2. The number of nitrogens with zero attached hydrogens (tertiary/aromatic N) is 2. The van der Waals surface area contributed by atoms with Crippen LogP contribution in [0.1, 0.15) is 11.4 Å². The van der Waals surface area contributed by atoms with Crippen molar-refractivity contribution in [2.45, 2.75) is 6.42 Å². The quantitative estimate of drug-likeness (QED) is 0.675. The lowest BCUT2D eigenvalue weighted by atomic mass is 10.1. The first-order valence-electron chi connectivity index (χ1n) is 4.67. The van der Waals surface area contributed by atoms with Crippen LogP contribution in [-0.4, -0.2) is 9.97 Å². The highest BCUT2D eigenvalue weighted by molar-refractivity contribution is 9.11. The molecule has 1 aromatic heterocycles. The van der Waals surface area contributed by atoms with Crippen LogP contribution in [0.4, 0.5) is 0 Å². The van der Waals surface area contributed by atoms with Crippen LogP contribution < -0.4 is 0 Å². The van der Waals surface area contributed by atoms with Crippen LogP contribution in [0.15, 0.2) is 33.5 Å². The summed E-state index contributed by atoms with van der Waals surface area (Å²) in [4.78, 5) is 8.56. The Morgan fingerprint density at radius 2 is 1.59 bits per heavy atom. The van der Waals surface area contributed by atoms with Crippen LogP contribution in [-0.2, 0) is 6.42 Å². The van der Waals surface area contributed by atoms with Crippen molar-refractivity contribution in [3.63, 3.8) is 0 Å². The van der Waals surface area contributed by atoms with Crippen molar-refractivity contribution in [3.05, 3.63) is 54.9 Å². The molecule has 0 fully saturated rings. The van der Waals surface area contributed by atoms with Gasteiger partial charge in [-0.3, -0.25) is 0 Å². The topological polar surface area (TPSA) is 25.8 Å². The summed E-state index contributed by atoms with van der Waals surface area (Å²) in [5, 5.41) is 1.09. The summed E-state index contributed by atoms with van der Waals surface area (Å²) < 4.78 is 1.49. The average molecular weight is 397 g/mol. The molecule has 0 saturated heterocycles. The molecule has 2 nitrogen and oxygen atoms in total. The molecule has 0 atom stereocenters. The largest absolute Gasteiger partial charge is 0.226 e. The fourth-order valence-corrected chi connectivity index (χ4v) is 2.82. The number of benzene rings is 1. The van der Waals surface area contributed by atoms with Gasteiger partial charge < -0.3 is 0 Å². The van der Waals surface area contributed by atoms with E-state index in [1.54, 1.807) is 12.1 Å². The smallest absolute Gasteiger partial charge is 0.135 e. The fourth-order valence-electron chi connectivity index (χ4n) is 1.35. The molecule has 0 unspecified atom stereocenters. The molecule has 1 heterocycles. The van der Waals surface area contributed by atoms with Gasteiger partial charge in [-0.2, -0.15) is 0 Å². The summed E-state index contributed by atoms with van der Waals surface area (Å²) in [5.41, 5.74) is 1.02. The van der Waals surface area contributed by atoms with Gasteiger partial charge in [0.25, 0.3) is 0 Å². The van der Waals surface area contributed by atoms with E-state index in [2.05, 4.69) is 41.8 Å². The van der Waals surface area contributed by atoms with Gasteiger partial charge in [-0.05, 0) is 49.6 Å². The molecule has 0 N–H and O–H groups in total. The van der Waals surface area contributed by atoms with E-state index in [9.17, 15) is 0 Å². The van der Waals surface area contributed by atoms with Gasteiger partial charge in [0.2, 0.25) is 0 Å². The van der Waals surface area contributed by atoms with E-state index in [-0.39, 0.29) is 0 Å². The highest BCUT2D eigenvalue weighted by Gasteiger charge is 2.05. The van der Waals surface area contributed by atoms with E-state index in [0.717, 1.165) is 14.8 Å². The minimum atomic E-state index is 0.540. The van der Waals surface area contributed by atoms with Crippen LogP contribution in [0.3, 0.4) is 0 Å². The number of hydrogen-bond donors (Lipinski definition) is 0. The van der Waals surface area contributed by atoms with Crippen molar-refractivity contribution in [1.29, 1.82) is 0 Å². The summed E-state index contributed by atoms with van der Waals surface area (Å²) in [5.74, 6) is 0.713. The fraction of sp³-hybridized carbons (Fsp3) is 0.0909. The summed E-state index contributed by atoms with van der Waals surface area (Å²) in [6.45, 7) is 0. The van der Waals surface area contributed by atoms with Crippen LogP contribution in [0, 0.1) is 0 Å². The third kappa shape index (κ3) is 3.65. The normalized spacial score (nSPS) is 10.6. The van der Waals surface area contributed by atoms with Gasteiger partial charge >= 0.3 is 0 Å². The zero-order chi connectivity index (χ0) is 12.4. The highest BCUT2D eigenvalue weighted by atomic mass is 79.9. The number of halogens is 4. The second-order valence-electron chi connectivity index (χ2n) is 3.35. The molecule has 6 heteroatoms. The standard InChI is InChI=1S/C11H6Br2Cl2N2/c12-9-5-10(13)17-11(16-9)4-6-1-2-7(14)8(15)3-6/h1-3,5H,4H2. The van der Waals surface area contributed by atoms with E-state index in [1.807, 2.05) is 12.1 Å². The number of aromatic nitrogens is 2. The maximum absolute atomic E-state index is 5.95. The lowest BCUT2D eigenvalue weighted by Crippen LogP contribution is -1.97. The van der Waals surface area contributed by atoms with Crippen LogP contribution in [0.25, 0.3) is 0 Å². The van der Waals surface area contributed by atoms with Crippen molar-refractivity contribution in [3.8, 4) is 0 Å². The Morgan fingerprint density at radius 1 is 0.941 bits per heavy atom. The highest BCUT2D eigenvalue weighted by Crippen LogP contribution is 2.24. The first-order chi connectivity index (χ1) is 8.04. The van der Waals surface area contributed by atoms with Gasteiger partial charge in [0.15, 0.2) is 0 Å². The van der Waals surface area contributed by atoms with Crippen molar-refractivity contribution >= 4 is 55.1 Å². The third-order valence-corrected chi connectivity index (χ3v) is 3.61. The van der Waals surface area contributed by atoms with Gasteiger partial charge in [0.05, 0.1) is 10.0 Å². The Balaban J connectivity index is 2.28. The van der Waals surface area contributed by atoms with Crippen LogP contribution >= 0.6 is 55.1 Å². The van der Waals surface area contributed by atoms with Crippen molar-refractivity contribution in [2.24, 2.45) is 0 Å². The Hall–Kier alpha value is -0.160. The van der Waals surface area contributed by atoms with E-state index in [1.165, 1.54) is 0 Å². The summed E-state index contributed by atoms with van der Waals surface area (Å²) in [6, 6.07) is 7.29.